The smallest absolute Gasteiger partial charge is 0.338 e. The first-order valence-corrected chi connectivity index (χ1v) is 7.42. The van der Waals surface area contributed by atoms with E-state index >= 15 is 0 Å². The normalized spacial score (nSPS) is 10.2. The zero-order chi connectivity index (χ0) is 17.7. The highest BCUT2D eigenvalue weighted by Gasteiger charge is 2.14. The quantitative estimate of drug-likeness (QED) is 0.808. The summed E-state index contributed by atoms with van der Waals surface area (Å²) >= 11 is 11.7. The first kappa shape index (κ1) is 18.0. The number of esters is 1. The molecule has 0 radical (unpaired) electrons. The molecule has 2 rings (SSSR count). The molecule has 0 aromatic heterocycles. The molecular weight excluding hydrogens is 360 g/mol. The molecule has 0 unspecified atom stereocenters. The Hall–Kier alpha value is -2.31. The number of ether oxygens (including phenoxy) is 2. The number of carbonyl (C=O) groups is 2. The molecule has 0 bridgehead atoms. The Labute approximate surface area is 147 Å². The minimum absolute atomic E-state index is 0.000101. The van der Waals surface area contributed by atoms with Gasteiger partial charge in [-0.25, -0.2) is 9.18 Å². The maximum absolute atomic E-state index is 13.5. The van der Waals surface area contributed by atoms with Gasteiger partial charge in [0.25, 0.3) is 5.91 Å². The molecular formula is C16H12Cl2FNO4. The molecule has 24 heavy (non-hydrogen) atoms. The monoisotopic (exact) mass is 371 g/mol. The lowest BCUT2D eigenvalue weighted by Gasteiger charge is -2.09. The average Bonchev–Trinajstić information content (AvgIpc) is 2.56. The van der Waals surface area contributed by atoms with Crippen molar-refractivity contribution in [3.05, 3.63) is 57.8 Å². The fraction of sp³-hybridized carbons (Fsp3) is 0.125. The van der Waals surface area contributed by atoms with Crippen LogP contribution in [0.3, 0.4) is 0 Å². The van der Waals surface area contributed by atoms with Gasteiger partial charge in [-0.1, -0.05) is 23.2 Å². The molecule has 1 amide bonds. The third kappa shape index (κ3) is 4.59. The maximum atomic E-state index is 13.5. The molecule has 0 aliphatic heterocycles. The van der Waals surface area contributed by atoms with Crippen LogP contribution in [0.15, 0.2) is 36.4 Å². The van der Waals surface area contributed by atoms with Gasteiger partial charge in [-0.3, -0.25) is 4.79 Å². The highest BCUT2D eigenvalue weighted by Crippen LogP contribution is 2.25. The highest BCUT2D eigenvalue weighted by atomic mass is 35.5. The van der Waals surface area contributed by atoms with E-state index in [0.717, 1.165) is 6.07 Å². The van der Waals surface area contributed by atoms with E-state index < -0.39 is 24.3 Å². The largest absolute Gasteiger partial charge is 0.494 e. The van der Waals surface area contributed by atoms with Gasteiger partial charge in [0.1, 0.15) is 0 Å². The predicted molar refractivity (Wildman–Crippen MR) is 88.3 cm³/mol. The SMILES string of the molecule is COc1ccc(C(=O)OCC(=O)Nc2cc(Cl)ccc2Cl)cc1F. The fourth-order valence-electron chi connectivity index (χ4n) is 1.79. The van der Waals surface area contributed by atoms with Crippen molar-refractivity contribution in [3.8, 4) is 5.75 Å². The summed E-state index contributed by atoms with van der Waals surface area (Å²) in [4.78, 5) is 23.6. The summed E-state index contributed by atoms with van der Waals surface area (Å²) in [5.74, 6) is -2.16. The van der Waals surface area contributed by atoms with Crippen molar-refractivity contribution >= 4 is 40.8 Å². The van der Waals surface area contributed by atoms with E-state index in [1.807, 2.05) is 0 Å². The first-order chi connectivity index (χ1) is 11.4. The van der Waals surface area contributed by atoms with Gasteiger partial charge in [-0.2, -0.15) is 0 Å². The van der Waals surface area contributed by atoms with Gasteiger partial charge in [-0.15, -0.1) is 0 Å². The third-order valence-corrected chi connectivity index (χ3v) is 3.49. The number of benzene rings is 2. The zero-order valence-corrected chi connectivity index (χ0v) is 13.9. The van der Waals surface area contributed by atoms with Gasteiger partial charge in [0.05, 0.1) is 23.4 Å². The Morgan fingerprint density at radius 2 is 1.92 bits per heavy atom. The molecule has 126 valence electrons. The van der Waals surface area contributed by atoms with E-state index in [9.17, 15) is 14.0 Å². The van der Waals surface area contributed by atoms with Gasteiger partial charge < -0.3 is 14.8 Å². The molecule has 5 nitrogen and oxygen atoms in total. The summed E-state index contributed by atoms with van der Waals surface area (Å²) in [6.45, 7) is -0.560. The molecule has 0 aliphatic rings. The second kappa shape index (κ2) is 7.99. The summed E-state index contributed by atoms with van der Waals surface area (Å²) in [5.41, 5.74) is 0.252. The van der Waals surface area contributed by atoms with E-state index in [1.165, 1.54) is 31.4 Å². The third-order valence-electron chi connectivity index (χ3n) is 2.92. The van der Waals surface area contributed by atoms with E-state index in [-0.39, 0.29) is 16.3 Å². The van der Waals surface area contributed by atoms with E-state index in [0.29, 0.717) is 10.7 Å². The van der Waals surface area contributed by atoms with Crippen LogP contribution in [0.2, 0.25) is 10.0 Å². The van der Waals surface area contributed by atoms with Gasteiger partial charge in [0.15, 0.2) is 18.2 Å². The van der Waals surface area contributed by atoms with Crippen LogP contribution in [0.25, 0.3) is 0 Å². The molecule has 1 N–H and O–H groups in total. The van der Waals surface area contributed by atoms with Crippen molar-refractivity contribution in [1.29, 1.82) is 0 Å². The number of carbonyl (C=O) groups excluding carboxylic acids is 2. The van der Waals surface area contributed by atoms with E-state index in [2.05, 4.69) is 5.32 Å². The number of anilines is 1. The molecule has 2 aromatic rings. The topological polar surface area (TPSA) is 64.6 Å². The Morgan fingerprint density at radius 3 is 2.58 bits per heavy atom. The maximum Gasteiger partial charge on any atom is 0.338 e. The van der Waals surface area contributed by atoms with Crippen LogP contribution in [0, 0.1) is 5.82 Å². The summed E-state index contributed by atoms with van der Waals surface area (Å²) < 4.78 is 23.1. The lowest BCUT2D eigenvalue weighted by atomic mass is 10.2. The predicted octanol–water partition coefficient (Wildman–Crippen LogP) is 3.94. The summed E-state index contributed by atoms with van der Waals surface area (Å²) in [7, 11) is 1.31. The Balaban J connectivity index is 1.95. The highest BCUT2D eigenvalue weighted by molar-refractivity contribution is 6.35. The Morgan fingerprint density at radius 1 is 1.17 bits per heavy atom. The van der Waals surface area contributed by atoms with Gasteiger partial charge in [-0.05, 0) is 36.4 Å². The van der Waals surface area contributed by atoms with Gasteiger partial charge >= 0.3 is 5.97 Å². The van der Waals surface area contributed by atoms with Crippen molar-refractivity contribution in [3.63, 3.8) is 0 Å². The Kier molecular flexibility index (Phi) is 6.00. The van der Waals surface area contributed by atoms with Crippen LogP contribution in [-0.2, 0) is 9.53 Å². The molecule has 0 saturated carbocycles. The number of hydrogen-bond donors (Lipinski definition) is 1. The van der Waals surface area contributed by atoms with Crippen LogP contribution < -0.4 is 10.1 Å². The average molecular weight is 372 g/mol. The minimum atomic E-state index is -0.844. The van der Waals surface area contributed by atoms with E-state index in [1.54, 1.807) is 6.07 Å². The van der Waals surface area contributed by atoms with Crippen LogP contribution in [0.1, 0.15) is 10.4 Å². The number of rotatable bonds is 5. The molecule has 0 spiro atoms. The molecule has 8 heteroatoms. The fourth-order valence-corrected chi connectivity index (χ4v) is 2.12. The van der Waals surface area contributed by atoms with Crippen molar-refractivity contribution < 1.29 is 23.5 Å². The molecule has 0 heterocycles. The molecule has 0 saturated heterocycles. The lowest BCUT2D eigenvalue weighted by Crippen LogP contribution is -2.21. The van der Waals surface area contributed by atoms with Gasteiger partial charge in [0.2, 0.25) is 0 Å². The zero-order valence-electron chi connectivity index (χ0n) is 12.4. The van der Waals surface area contributed by atoms with Crippen LogP contribution >= 0.6 is 23.2 Å². The number of nitrogens with one attached hydrogen (secondary N) is 1. The number of hydrogen-bond acceptors (Lipinski definition) is 4. The molecule has 0 aliphatic carbocycles. The second-order valence-corrected chi connectivity index (χ2v) is 5.44. The summed E-state index contributed by atoms with van der Waals surface area (Å²) in [6.07, 6.45) is 0. The number of halogens is 3. The second-order valence-electron chi connectivity index (χ2n) is 4.60. The van der Waals surface area contributed by atoms with Crippen LogP contribution in [0.4, 0.5) is 10.1 Å². The van der Waals surface area contributed by atoms with Gasteiger partial charge in [0, 0.05) is 5.02 Å². The Bertz CT molecular complexity index is 783. The standard InChI is InChI=1S/C16H12Cl2FNO4/c1-23-14-5-2-9(6-12(14)19)16(22)24-8-15(21)20-13-7-10(17)3-4-11(13)18/h2-7H,8H2,1H3,(H,20,21). The first-order valence-electron chi connectivity index (χ1n) is 6.66. The van der Waals surface area contributed by atoms with Crippen molar-refractivity contribution in [2.45, 2.75) is 0 Å². The van der Waals surface area contributed by atoms with Crippen molar-refractivity contribution in [2.75, 3.05) is 19.0 Å². The molecule has 2 aromatic carbocycles. The lowest BCUT2D eigenvalue weighted by molar-refractivity contribution is -0.119. The summed E-state index contributed by atoms with van der Waals surface area (Å²) in [6, 6.07) is 8.13. The summed E-state index contributed by atoms with van der Waals surface area (Å²) in [5, 5.41) is 3.14. The number of amides is 1. The van der Waals surface area contributed by atoms with E-state index in [4.69, 9.17) is 32.7 Å². The van der Waals surface area contributed by atoms with Crippen LogP contribution in [-0.4, -0.2) is 25.6 Å². The molecule has 0 fully saturated rings. The van der Waals surface area contributed by atoms with Crippen molar-refractivity contribution in [1.82, 2.24) is 0 Å². The molecule has 0 atom stereocenters. The van der Waals surface area contributed by atoms with Crippen LogP contribution in [0.5, 0.6) is 5.75 Å². The van der Waals surface area contributed by atoms with Crippen molar-refractivity contribution in [2.24, 2.45) is 0 Å². The number of methoxy groups -OCH3 is 1. The minimum Gasteiger partial charge on any atom is -0.494 e.